The van der Waals surface area contributed by atoms with Crippen LogP contribution in [0, 0.1) is 0 Å². The van der Waals surface area contributed by atoms with E-state index >= 15 is 0 Å². The second-order valence-electron chi connectivity index (χ2n) is 6.09. The van der Waals surface area contributed by atoms with Crippen LogP contribution in [0.1, 0.15) is 42.8 Å². The number of carbonyl (C=O) groups excluding carboxylic acids is 1. The van der Waals surface area contributed by atoms with Crippen LogP contribution in [0.4, 0.5) is 0 Å². The lowest BCUT2D eigenvalue weighted by Crippen LogP contribution is -2.28. The van der Waals surface area contributed by atoms with Gasteiger partial charge in [-0.25, -0.2) is 0 Å². The van der Waals surface area contributed by atoms with Gasteiger partial charge in [-0.2, -0.15) is 5.10 Å². The van der Waals surface area contributed by atoms with Crippen molar-refractivity contribution in [3.63, 3.8) is 0 Å². The highest BCUT2D eigenvalue weighted by atomic mass is 35.5. The van der Waals surface area contributed by atoms with Crippen LogP contribution in [0.3, 0.4) is 0 Å². The number of hydrogen-bond acceptors (Lipinski definition) is 3. The molecule has 1 heterocycles. The van der Waals surface area contributed by atoms with E-state index in [0.29, 0.717) is 16.1 Å². The zero-order chi connectivity index (χ0) is 16.3. The Morgan fingerprint density at radius 2 is 2.09 bits per heavy atom. The first-order valence-corrected chi connectivity index (χ1v) is 7.42. The maximum absolute atomic E-state index is 12.1. The summed E-state index contributed by atoms with van der Waals surface area (Å²) in [6.07, 6.45) is 2.36. The largest absolute Gasteiger partial charge is 0.387 e. The van der Waals surface area contributed by atoms with Gasteiger partial charge in [0, 0.05) is 23.3 Å². The number of amides is 1. The Labute approximate surface area is 134 Å². The molecule has 1 atom stereocenters. The van der Waals surface area contributed by atoms with Crippen molar-refractivity contribution in [2.75, 3.05) is 6.54 Å². The smallest absolute Gasteiger partial charge is 0.254 e. The molecule has 0 saturated heterocycles. The van der Waals surface area contributed by atoms with Gasteiger partial charge in [0.05, 0.1) is 23.4 Å². The normalized spacial score (nSPS) is 13.0. The van der Waals surface area contributed by atoms with E-state index in [1.165, 1.54) is 6.20 Å². The average Bonchev–Trinajstić information content (AvgIpc) is 2.95. The molecule has 0 aliphatic heterocycles. The van der Waals surface area contributed by atoms with Gasteiger partial charge in [0.1, 0.15) is 0 Å². The molecule has 1 amide bonds. The minimum Gasteiger partial charge on any atom is -0.387 e. The van der Waals surface area contributed by atoms with E-state index in [1.807, 2.05) is 20.8 Å². The van der Waals surface area contributed by atoms with Crippen LogP contribution < -0.4 is 5.32 Å². The summed E-state index contributed by atoms with van der Waals surface area (Å²) >= 11 is 6.02. The van der Waals surface area contributed by atoms with Gasteiger partial charge in [-0.05, 0) is 26.8 Å². The molecule has 5 nitrogen and oxygen atoms in total. The highest BCUT2D eigenvalue weighted by Gasteiger charge is 2.18. The van der Waals surface area contributed by atoms with Crippen molar-refractivity contribution in [2.45, 2.75) is 32.4 Å². The number of hydrogen-bond donors (Lipinski definition) is 2. The van der Waals surface area contributed by atoms with E-state index < -0.39 is 6.10 Å². The fourth-order valence-corrected chi connectivity index (χ4v) is 2.22. The molecule has 2 aromatic rings. The molecular weight excluding hydrogens is 302 g/mol. The summed E-state index contributed by atoms with van der Waals surface area (Å²) in [5, 5.41) is 17.5. The van der Waals surface area contributed by atoms with E-state index in [9.17, 15) is 9.90 Å². The molecule has 0 radical (unpaired) electrons. The second kappa shape index (κ2) is 6.50. The number of carbonyl (C=O) groups is 1. The van der Waals surface area contributed by atoms with Crippen molar-refractivity contribution in [1.82, 2.24) is 15.1 Å². The summed E-state index contributed by atoms with van der Waals surface area (Å²) in [5.41, 5.74) is 0.867. The standard InChI is InChI=1S/C16H20ClN3O2/c1-16(2,3)20-10-11(8-19-20)15(22)18-9-14(21)12-6-4-5-7-13(12)17/h4-8,10,14,21H,9H2,1-3H3,(H,18,22). The van der Waals surface area contributed by atoms with Gasteiger partial charge in [-0.3, -0.25) is 9.48 Å². The Hall–Kier alpha value is -1.85. The molecule has 2 N–H and O–H groups in total. The van der Waals surface area contributed by atoms with Gasteiger partial charge in [-0.1, -0.05) is 29.8 Å². The molecule has 0 aliphatic rings. The Morgan fingerprint density at radius 3 is 2.68 bits per heavy atom. The number of nitrogens with zero attached hydrogens (tertiary/aromatic N) is 2. The predicted octanol–water partition coefficient (Wildman–Crippen LogP) is 2.75. The lowest BCUT2D eigenvalue weighted by Gasteiger charge is -2.18. The van der Waals surface area contributed by atoms with Crippen molar-refractivity contribution in [3.8, 4) is 0 Å². The van der Waals surface area contributed by atoms with E-state index in [1.54, 1.807) is 35.1 Å². The molecule has 22 heavy (non-hydrogen) atoms. The number of halogens is 1. The zero-order valence-corrected chi connectivity index (χ0v) is 13.6. The topological polar surface area (TPSA) is 67.2 Å². The maximum Gasteiger partial charge on any atom is 0.254 e. The van der Waals surface area contributed by atoms with Gasteiger partial charge in [0.2, 0.25) is 0 Å². The molecule has 0 aliphatic carbocycles. The van der Waals surface area contributed by atoms with Crippen LogP contribution in [0.25, 0.3) is 0 Å². The molecular formula is C16H20ClN3O2. The van der Waals surface area contributed by atoms with E-state index in [4.69, 9.17) is 11.6 Å². The van der Waals surface area contributed by atoms with Gasteiger partial charge in [0.25, 0.3) is 5.91 Å². The molecule has 0 saturated carbocycles. The van der Waals surface area contributed by atoms with E-state index in [0.717, 1.165) is 0 Å². The van der Waals surface area contributed by atoms with Crippen molar-refractivity contribution < 1.29 is 9.90 Å². The monoisotopic (exact) mass is 321 g/mol. The second-order valence-corrected chi connectivity index (χ2v) is 6.50. The quantitative estimate of drug-likeness (QED) is 0.910. The number of aromatic nitrogens is 2. The molecule has 1 unspecified atom stereocenters. The third kappa shape index (κ3) is 3.87. The lowest BCUT2D eigenvalue weighted by atomic mass is 10.1. The molecule has 0 fully saturated rings. The van der Waals surface area contributed by atoms with Crippen LogP contribution >= 0.6 is 11.6 Å². The first kappa shape index (κ1) is 16.5. The molecule has 1 aromatic carbocycles. The van der Waals surface area contributed by atoms with Crippen molar-refractivity contribution in [1.29, 1.82) is 0 Å². The molecule has 6 heteroatoms. The van der Waals surface area contributed by atoms with Crippen LogP contribution in [0.2, 0.25) is 5.02 Å². The molecule has 0 bridgehead atoms. The zero-order valence-electron chi connectivity index (χ0n) is 12.9. The predicted molar refractivity (Wildman–Crippen MR) is 86.0 cm³/mol. The molecule has 1 aromatic heterocycles. The van der Waals surface area contributed by atoms with Crippen LogP contribution in [-0.2, 0) is 5.54 Å². The summed E-state index contributed by atoms with van der Waals surface area (Å²) < 4.78 is 1.73. The van der Waals surface area contributed by atoms with Gasteiger partial charge in [-0.15, -0.1) is 0 Å². The van der Waals surface area contributed by atoms with Crippen LogP contribution in [0.5, 0.6) is 0 Å². The van der Waals surface area contributed by atoms with Crippen molar-refractivity contribution in [3.05, 3.63) is 52.8 Å². The van der Waals surface area contributed by atoms with E-state index in [-0.39, 0.29) is 18.0 Å². The number of aliphatic hydroxyl groups is 1. The Kier molecular flexibility index (Phi) is 4.88. The van der Waals surface area contributed by atoms with Crippen molar-refractivity contribution >= 4 is 17.5 Å². The number of rotatable bonds is 4. The lowest BCUT2D eigenvalue weighted by molar-refractivity contribution is 0.0916. The van der Waals surface area contributed by atoms with Gasteiger partial charge in [0.15, 0.2) is 0 Å². The van der Waals surface area contributed by atoms with Crippen LogP contribution in [0.15, 0.2) is 36.7 Å². The summed E-state index contributed by atoms with van der Waals surface area (Å²) in [7, 11) is 0. The Balaban J connectivity index is 1.98. The van der Waals surface area contributed by atoms with E-state index in [2.05, 4.69) is 10.4 Å². The maximum atomic E-state index is 12.1. The summed E-state index contributed by atoms with van der Waals surface area (Å²) in [4.78, 5) is 12.1. The fraction of sp³-hybridized carbons (Fsp3) is 0.375. The summed E-state index contributed by atoms with van der Waals surface area (Å²) in [5.74, 6) is -0.276. The van der Waals surface area contributed by atoms with Gasteiger partial charge >= 0.3 is 0 Å². The third-order valence-electron chi connectivity index (χ3n) is 3.25. The number of nitrogens with one attached hydrogen (secondary N) is 1. The highest BCUT2D eigenvalue weighted by molar-refractivity contribution is 6.31. The number of aliphatic hydroxyl groups excluding tert-OH is 1. The first-order valence-electron chi connectivity index (χ1n) is 7.05. The minimum atomic E-state index is -0.852. The van der Waals surface area contributed by atoms with Crippen molar-refractivity contribution in [2.24, 2.45) is 0 Å². The van der Waals surface area contributed by atoms with Gasteiger partial charge < -0.3 is 10.4 Å². The first-order chi connectivity index (χ1) is 10.3. The minimum absolute atomic E-state index is 0.0866. The SMILES string of the molecule is CC(C)(C)n1cc(C(=O)NCC(O)c2ccccc2Cl)cn1. The Morgan fingerprint density at radius 1 is 1.41 bits per heavy atom. The average molecular weight is 322 g/mol. The Bertz CT molecular complexity index is 661. The third-order valence-corrected chi connectivity index (χ3v) is 3.60. The highest BCUT2D eigenvalue weighted by Crippen LogP contribution is 2.22. The summed E-state index contributed by atoms with van der Waals surface area (Å²) in [6.45, 7) is 6.10. The van der Waals surface area contributed by atoms with Crippen LogP contribution in [-0.4, -0.2) is 27.3 Å². The number of benzene rings is 1. The molecule has 2 rings (SSSR count). The molecule has 118 valence electrons. The molecule has 0 spiro atoms. The summed E-state index contributed by atoms with van der Waals surface area (Å²) in [6, 6.07) is 7.02. The fourth-order valence-electron chi connectivity index (χ4n) is 1.95.